The van der Waals surface area contributed by atoms with Crippen molar-refractivity contribution in [3.63, 3.8) is 0 Å². The minimum atomic E-state index is -4.48. The van der Waals surface area contributed by atoms with E-state index in [4.69, 9.17) is 4.55 Å². The Hall–Kier alpha value is 1.61. The van der Waals surface area contributed by atoms with E-state index in [2.05, 4.69) is 33.3 Å². The van der Waals surface area contributed by atoms with Gasteiger partial charge in [0.2, 0.25) is 20.8 Å². The summed E-state index contributed by atoms with van der Waals surface area (Å²) in [7, 11) is -13.2. The molecule has 0 aromatic rings. The fraction of sp³-hybridized carbons (Fsp3) is 1.00. The van der Waals surface area contributed by atoms with Crippen LogP contribution in [-0.2, 0) is 43.7 Å². The second-order valence-electron chi connectivity index (χ2n) is 13.3. The van der Waals surface area contributed by atoms with Gasteiger partial charge in [-0.3, -0.25) is 12.9 Å². The minimum Gasteiger partial charge on any atom is -0.726 e. The van der Waals surface area contributed by atoms with E-state index in [1.165, 1.54) is 135 Å². The van der Waals surface area contributed by atoms with Crippen LogP contribution in [0.4, 0.5) is 0 Å². The van der Waals surface area contributed by atoms with Crippen LogP contribution in [0.3, 0.4) is 0 Å². The molecule has 0 unspecified atom stereocenters. The molecule has 0 atom stereocenters. The van der Waals surface area contributed by atoms with E-state index in [0.29, 0.717) is 19.3 Å². The van der Waals surface area contributed by atoms with Crippen LogP contribution in [0.5, 0.6) is 0 Å². The van der Waals surface area contributed by atoms with E-state index < -0.39 is 31.2 Å². The van der Waals surface area contributed by atoms with Crippen molar-refractivity contribution in [3.05, 3.63) is 0 Å². The number of rotatable bonds is 36. The number of hydrogen-bond donors (Lipinski definition) is 1. The van der Waals surface area contributed by atoms with Gasteiger partial charge in [-0.25, -0.2) is 21.0 Å². The molecule has 0 rings (SSSR count). The Morgan fingerprint density at radius 2 is 0.509 bits per heavy atom. The van der Waals surface area contributed by atoms with Gasteiger partial charge in [0.15, 0.2) is 0 Å². The summed E-state index contributed by atoms with van der Waals surface area (Å²) in [6, 6.07) is 0. The predicted molar refractivity (Wildman–Crippen MR) is 204 cm³/mol. The fourth-order valence-electron chi connectivity index (χ4n) is 5.25. The van der Waals surface area contributed by atoms with Gasteiger partial charge < -0.3 is 9.11 Å². The normalized spacial score (nSPS) is 11.4. The Labute approximate surface area is 371 Å². The molecule has 0 spiro atoms. The molecular formula is C36H76Na2O12S3. The van der Waals surface area contributed by atoms with Crippen molar-refractivity contribution in [2.24, 2.45) is 0 Å². The zero-order valence-electron chi connectivity index (χ0n) is 34.5. The van der Waals surface area contributed by atoms with Crippen LogP contribution >= 0.6 is 0 Å². The maximum absolute atomic E-state index is 10.2. The van der Waals surface area contributed by atoms with Crippen molar-refractivity contribution in [2.75, 3.05) is 19.8 Å². The summed E-state index contributed by atoms with van der Waals surface area (Å²) in [6.07, 6.45) is 35.2. The molecule has 12 nitrogen and oxygen atoms in total. The van der Waals surface area contributed by atoms with E-state index in [0.717, 1.165) is 38.5 Å². The van der Waals surface area contributed by atoms with Crippen molar-refractivity contribution in [3.8, 4) is 0 Å². The third kappa shape index (κ3) is 75.1. The van der Waals surface area contributed by atoms with E-state index in [9.17, 15) is 34.4 Å². The summed E-state index contributed by atoms with van der Waals surface area (Å²) >= 11 is 0. The molecule has 0 aromatic heterocycles. The van der Waals surface area contributed by atoms with Crippen molar-refractivity contribution >= 4 is 31.2 Å². The van der Waals surface area contributed by atoms with Gasteiger partial charge in [-0.15, -0.1) is 0 Å². The first-order chi connectivity index (χ1) is 24.2. The van der Waals surface area contributed by atoms with Gasteiger partial charge in [-0.1, -0.05) is 194 Å². The Kier molecular flexibility index (Phi) is 57.7. The first-order valence-electron chi connectivity index (χ1n) is 20.0. The zero-order chi connectivity index (χ0) is 39.0. The molecule has 0 saturated heterocycles. The van der Waals surface area contributed by atoms with Crippen LogP contribution in [-0.4, -0.2) is 58.7 Å². The minimum absolute atomic E-state index is 0. The molecular weight excluding hydrogens is 767 g/mol. The summed E-state index contributed by atoms with van der Waals surface area (Å²) in [4.78, 5) is 0. The van der Waals surface area contributed by atoms with Crippen molar-refractivity contribution in [2.45, 2.75) is 213 Å². The van der Waals surface area contributed by atoms with Gasteiger partial charge in [0, 0.05) is 0 Å². The van der Waals surface area contributed by atoms with Crippen LogP contribution in [0.1, 0.15) is 213 Å². The zero-order valence-corrected chi connectivity index (χ0v) is 40.9. The smallest absolute Gasteiger partial charge is 0.726 e. The van der Waals surface area contributed by atoms with Crippen LogP contribution in [0.2, 0.25) is 0 Å². The van der Waals surface area contributed by atoms with Crippen molar-refractivity contribution in [1.29, 1.82) is 0 Å². The van der Waals surface area contributed by atoms with Crippen molar-refractivity contribution < 1.29 is 111 Å². The maximum Gasteiger partial charge on any atom is 1.00 e. The molecule has 0 aliphatic rings. The maximum atomic E-state index is 10.2. The van der Waals surface area contributed by atoms with Crippen LogP contribution in [0, 0.1) is 0 Å². The molecule has 1 N–H and O–H groups in total. The Morgan fingerprint density at radius 3 is 0.679 bits per heavy atom. The monoisotopic (exact) mass is 842 g/mol. The van der Waals surface area contributed by atoms with Gasteiger partial charge in [0.25, 0.3) is 0 Å². The van der Waals surface area contributed by atoms with E-state index >= 15 is 0 Å². The third-order valence-corrected chi connectivity index (χ3v) is 9.56. The standard InChI is InChI=1S/3C12H26O4S.2Na/c3*1-2-3-4-5-6-7-8-9-10-11-12-16-17(13,14)15;;/h3*2-12H2,1H3,(H,13,14,15);;/q;;;2*+1/p-2. The molecule has 312 valence electrons. The SMILES string of the molecule is CCCCCCCCCCCCOS(=O)(=O)O.CCCCCCCCCCCCOS(=O)(=O)[O-].CCCCCCCCCCCCOS(=O)(=O)[O-].[Na+].[Na+]. The second-order valence-corrected chi connectivity index (χ2v) is 16.5. The first-order valence-corrected chi connectivity index (χ1v) is 24.0. The molecule has 17 heteroatoms. The van der Waals surface area contributed by atoms with E-state index in [1.807, 2.05) is 0 Å². The summed E-state index contributed by atoms with van der Waals surface area (Å²) < 4.78 is 102. The molecule has 0 amide bonds. The molecule has 53 heavy (non-hydrogen) atoms. The van der Waals surface area contributed by atoms with E-state index in [-0.39, 0.29) is 78.9 Å². The summed E-state index contributed by atoms with van der Waals surface area (Å²) in [6.45, 7) is 6.79. The molecule has 0 bridgehead atoms. The molecule has 0 aliphatic heterocycles. The van der Waals surface area contributed by atoms with Gasteiger partial charge in [0.1, 0.15) is 0 Å². The average molecular weight is 843 g/mol. The van der Waals surface area contributed by atoms with Crippen molar-refractivity contribution in [1.82, 2.24) is 0 Å². The molecule has 0 aliphatic carbocycles. The summed E-state index contributed by atoms with van der Waals surface area (Å²) in [5.74, 6) is 0. The Bertz CT molecular complexity index is 888. The van der Waals surface area contributed by atoms with Crippen LogP contribution in [0.15, 0.2) is 0 Å². The number of unbranched alkanes of at least 4 members (excludes halogenated alkanes) is 27. The summed E-state index contributed by atoms with van der Waals surface area (Å²) in [5, 5.41) is 0. The van der Waals surface area contributed by atoms with Gasteiger partial charge in [0.05, 0.1) is 19.8 Å². The largest absolute Gasteiger partial charge is 1.00 e. The topological polar surface area (TPSA) is 196 Å². The third-order valence-electron chi connectivity index (χ3n) is 8.18. The Morgan fingerprint density at radius 1 is 0.340 bits per heavy atom. The van der Waals surface area contributed by atoms with Gasteiger partial charge >= 0.3 is 69.5 Å². The average Bonchev–Trinajstić information content (AvgIpc) is 3.04. The van der Waals surface area contributed by atoms with Crippen LogP contribution in [0.25, 0.3) is 0 Å². The summed E-state index contributed by atoms with van der Waals surface area (Å²) in [5.41, 5.74) is 0. The molecule has 0 radical (unpaired) electrons. The molecule has 0 fully saturated rings. The molecule has 0 aromatic carbocycles. The quantitative estimate of drug-likeness (QED) is 0.0402. The second kappa shape index (κ2) is 48.0. The number of hydrogen-bond acceptors (Lipinski definition) is 11. The molecule has 0 saturated carbocycles. The van der Waals surface area contributed by atoms with Gasteiger partial charge in [-0.2, -0.15) is 8.42 Å². The van der Waals surface area contributed by atoms with E-state index in [1.54, 1.807) is 0 Å². The first kappa shape index (κ1) is 63.8. The van der Waals surface area contributed by atoms with Gasteiger partial charge in [-0.05, 0) is 19.3 Å². The molecule has 0 heterocycles. The fourth-order valence-corrected chi connectivity index (χ4v) is 6.23. The van der Waals surface area contributed by atoms with Crippen LogP contribution < -0.4 is 59.1 Å². The predicted octanol–water partition coefficient (Wildman–Crippen LogP) is 4.50. The Balaban J connectivity index is -0.000000213.